The van der Waals surface area contributed by atoms with Gasteiger partial charge in [-0.2, -0.15) is 0 Å². The quantitative estimate of drug-likeness (QED) is 0.367. The summed E-state index contributed by atoms with van der Waals surface area (Å²) in [6, 6.07) is 11.5. The number of carbonyl (C=O) groups excluding carboxylic acids is 2. The summed E-state index contributed by atoms with van der Waals surface area (Å²) in [6.07, 6.45) is 0.744. The minimum Gasteiger partial charge on any atom is -0.486 e. The maximum absolute atomic E-state index is 12.5. The Morgan fingerprint density at radius 2 is 1.85 bits per heavy atom. The zero-order chi connectivity index (χ0) is 23.9. The van der Waals surface area contributed by atoms with Crippen molar-refractivity contribution in [1.82, 2.24) is 15.2 Å². The van der Waals surface area contributed by atoms with Crippen LogP contribution in [0.15, 0.2) is 52.4 Å². The molecule has 1 aliphatic rings. The van der Waals surface area contributed by atoms with Crippen LogP contribution in [0, 0.1) is 0 Å². The van der Waals surface area contributed by atoms with E-state index in [1.54, 1.807) is 42.5 Å². The summed E-state index contributed by atoms with van der Waals surface area (Å²) < 4.78 is 16.1. The number of H-pyrrole nitrogens is 1. The molecular formula is C23H22N4O6S. The fourth-order valence-electron chi connectivity index (χ4n) is 3.07. The highest BCUT2D eigenvalue weighted by atomic mass is 32.2. The summed E-state index contributed by atoms with van der Waals surface area (Å²) in [7, 11) is 0. The van der Waals surface area contributed by atoms with E-state index < -0.39 is 11.5 Å². The van der Waals surface area contributed by atoms with Crippen molar-refractivity contribution in [3.8, 4) is 22.8 Å². The Morgan fingerprint density at radius 1 is 1.09 bits per heavy atom. The lowest BCUT2D eigenvalue weighted by Gasteiger charge is -2.18. The van der Waals surface area contributed by atoms with Crippen molar-refractivity contribution >= 4 is 29.3 Å². The number of nitrogens with one attached hydrogen (secondary N) is 2. The highest BCUT2D eigenvalue weighted by Crippen LogP contribution is 2.33. The molecule has 0 aliphatic carbocycles. The summed E-state index contributed by atoms with van der Waals surface area (Å²) in [5, 5.41) is 11.0. The molecule has 2 heterocycles. The minimum atomic E-state index is -0.430. The fraction of sp³-hybridized carbons (Fsp3) is 0.261. The van der Waals surface area contributed by atoms with Crippen molar-refractivity contribution < 1.29 is 23.8 Å². The molecule has 0 fully saturated rings. The first-order valence-corrected chi connectivity index (χ1v) is 11.6. The van der Waals surface area contributed by atoms with Crippen LogP contribution >= 0.6 is 11.8 Å². The van der Waals surface area contributed by atoms with Crippen LogP contribution in [-0.4, -0.2) is 52.6 Å². The van der Waals surface area contributed by atoms with Crippen molar-refractivity contribution in [3.05, 3.63) is 58.4 Å². The zero-order valence-corrected chi connectivity index (χ0v) is 19.1. The van der Waals surface area contributed by atoms with Crippen LogP contribution in [0.3, 0.4) is 0 Å². The summed E-state index contributed by atoms with van der Waals surface area (Å²) in [5.74, 6) is 0.464. The Hall–Kier alpha value is -3.86. The lowest BCUT2D eigenvalue weighted by molar-refractivity contribution is -0.113. The second kappa shape index (κ2) is 10.8. The Morgan fingerprint density at radius 3 is 2.59 bits per heavy atom. The lowest BCUT2D eigenvalue weighted by atomic mass is 10.1. The van der Waals surface area contributed by atoms with Crippen LogP contribution in [0.5, 0.6) is 11.5 Å². The predicted octanol–water partition coefficient (Wildman–Crippen LogP) is 2.90. The average molecular weight is 483 g/mol. The maximum atomic E-state index is 12.5. The highest BCUT2D eigenvalue weighted by Gasteiger charge is 2.16. The van der Waals surface area contributed by atoms with Gasteiger partial charge in [-0.3, -0.25) is 14.6 Å². The molecule has 0 bridgehead atoms. The predicted molar refractivity (Wildman–Crippen MR) is 125 cm³/mol. The highest BCUT2D eigenvalue weighted by molar-refractivity contribution is 7.99. The number of thioether (sulfide) groups is 1. The number of amides is 1. The third-order valence-electron chi connectivity index (χ3n) is 4.67. The van der Waals surface area contributed by atoms with E-state index in [1.807, 2.05) is 6.92 Å². The van der Waals surface area contributed by atoms with Gasteiger partial charge < -0.3 is 19.5 Å². The summed E-state index contributed by atoms with van der Waals surface area (Å²) in [4.78, 5) is 39.3. The molecule has 2 aromatic carbocycles. The van der Waals surface area contributed by atoms with Crippen LogP contribution in [-0.2, 0) is 9.53 Å². The number of hydrogen-bond donors (Lipinski definition) is 2. The van der Waals surface area contributed by atoms with Crippen molar-refractivity contribution in [2.24, 2.45) is 0 Å². The first-order valence-electron chi connectivity index (χ1n) is 10.6. The molecule has 11 heteroatoms. The average Bonchev–Trinajstić information content (AvgIpc) is 2.86. The number of carbonyl (C=O) groups is 2. The molecule has 2 N–H and O–H groups in total. The number of esters is 1. The van der Waals surface area contributed by atoms with E-state index in [0.29, 0.717) is 48.1 Å². The molecule has 176 valence electrons. The third kappa shape index (κ3) is 5.73. The molecule has 1 aromatic heterocycles. The number of hydrogen-bond acceptors (Lipinski definition) is 9. The van der Waals surface area contributed by atoms with E-state index in [0.717, 1.165) is 18.2 Å². The van der Waals surface area contributed by atoms with Crippen LogP contribution in [0.25, 0.3) is 11.3 Å². The lowest BCUT2D eigenvalue weighted by Crippen LogP contribution is -2.18. The van der Waals surface area contributed by atoms with Gasteiger partial charge in [-0.05, 0) is 48.9 Å². The standard InChI is InChI=1S/C23H22N4O6S/c1-2-9-33-22(30)14-3-6-16(7-4-14)24-19(28)13-34-23-25-21(29)20(26-27-23)15-5-8-17-18(12-15)32-11-10-31-17/h3-8,12H,2,9-11,13H2,1H3,(H,24,28)(H,25,27,29). The normalized spacial score (nSPS) is 12.1. The Balaban J connectivity index is 1.33. The molecule has 1 aliphatic heterocycles. The molecule has 3 aromatic rings. The summed E-state index contributed by atoms with van der Waals surface area (Å²) in [6.45, 7) is 3.19. The van der Waals surface area contributed by atoms with Gasteiger partial charge >= 0.3 is 5.97 Å². The molecule has 0 unspecified atom stereocenters. The van der Waals surface area contributed by atoms with Gasteiger partial charge in [-0.15, -0.1) is 10.2 Å². The Kier molecular flexibility index (Phi) is 7.43. The number of aromatic amines is 1. The van der Waals surface area contributed by atoms with Gasteiger partial charge in [-0.1, -0.05) is 18.7 Å². The Labute approximate surface area is 199 Å². The zero-order valence-electron chi connectivity index (χ0n) is 18.3. The fourth-order valence-corrected chi connectivity index (χ4v) is 3.67. The molecule has 0 saturated heterocycles. The largest absolute Gasteiger partial charge is 0.486 e. The second-order valence-corrected chi connectivity index (χ2v) is 8.18. The van der Waals surface area contributed by atoms with E-state index >= 15 is 0 Å². The van der Waals surface area contributed by atoms with Crippen molar-refractivity contribution in [2.45, 2.75) is 18.5 Å². The van der Waals surface area contributed by atoms with Gasteiger partial charge in [0.1, 0.15) is 13.2 Å². The van der Waals surface area contributed by atoms with Crippen LogP contribution in [0.1, 0.15) is 23.7 Å². The van der Waals surface area contributed by atoms with E-state index in [2.05, 4.69) is 20.5 Å². The topological polar surface area (TPSA) is 132 Å². The molecule has 4 rings (SSSR count). The number of aromatic nitrogens is 3. The molecular weight excluding hydrogens is 460 g/mol. The summed E-state index contributed by atoms with van der Waals surface area (Å²) in [5.41, 5.74) is 1.20. The molecule has 0 saturated carbocycles. The van der Waals surface area contributed by atoms with Crippen LogP contribution < -0.4 is 20.3 Å². The van der Waals surface area contributed by atoms with E-state index in [-0.39, 0.29) is 22.5 Å². The van der Waals surface area contributed by atoms with Gasteiger partial charge in [0.25, 0.3) is 5.56 Å². The number of anilines is 1. The van der Waals surface area contributed by atoms with Crippen LogP contribution in [0.2, 0.25) is 0 Å². The van der Waals surface area contributed by atoms with Gasteiger partial charge in [0.15, 0.2) is 22.3 Å². The molecule has 10 nitrogen and oxygen atoms in total. The number of fused-ring (bicyclic) bond motifs is 1. The van der Waals surface area contributed by atoms with Crippen molar-refractivity contribution in [1.29, 1.82) is 0 Å². The van der Waals surface area contributed by atoms with Gasteiger partial charge in [0.2, 0.25) is 5.91 Å². The number of benzene rings is 2. The van der Waals surface area contributed by atoms with E-state index in [1.165, 1.54) is 0 Å². The SMILES string of the molecule is CCCOC(=O)c1ccc(NC(=O)CSc2nnc(-c3ccc4c(c3)OCCO4)c(=O)[nH]2)cc1. The van der Waals surface area contributed by atoms with Crippen molar-refractivity contribution in [3.63, 3.8) is 0 Å². The van der Waals surface area contributed by atoms with Crippen LogP contribution in [0.4, 0.5) is 5.69 Å². The molecule has 1 amide bonds. The number of nitrogens with zero attached hydrogens (tertiary/aromatic N) is 2. The maximum Gasteiger partial charge on any atom is 0.338 e. The van der Waals surface area contributed by atoms with Gasteiger partial charge in [0.05, 0.1) is 17.9 Å². The summed E-state index contributed by atoms with van der Waals surface area (Å²) >= 11 is 1.05. The molecule has 0 atom stereocenters. The molecule has 0 radical (unpaired) electrons. The Bertz CT molecular complexity index is 1240. The van der Waals surface area contributed by atoms with Gasteiger partial charge in [-0.25, -0.2) is 4.79 Å². The second-order valence-electron chi connectivity index (χ2n) is 7.22. The van der Waals surface area contributed by atoms with Gasteiger partial charge in [0, 0.05) is 11.3 Å². The smallest absolute Gasteiger partial charge is 0.338 e. The van der Waals surface area contributed by atoms with Crippen molar-refractivity contribution in [2.75, 3.05) is 30.9 Å². The van der Waals surface area contributed by atoms with E-state index in [4.69, 9.17) is 14.2 Å². The first kappa shape index (κ1) is 23.3. The first-order chi connectivity index (χ1) is 16.5. The molecule has 34 heavy (non-hydrogen) atoms. The molecule has 0 spiro atoms. The number of ether oxygens (including phenoxy) is 3. The number of rotatable bonds is 8. The monoisotopic (exact) mass is 482 g/mol. The third-order valence-corrected chi connectivity index (χ3v) is 5.54. The van der Waals surface area contributed by atoms with E-state index in [9.17, 15) is 14.4 Å². The minimum absolute atomic E-state index is 0.00822.